The summed E-state index contributed by atoms with van der Waals surface area (Å²) in [7, 11) is 1.32. The number of rotatable bonds is 6. The third kappa shape index (κ3) is 5.61. The fourth-order valence-electron chi connectivity index (χ4n) is 1.86. The number of halogens is 1. The first kappa shape index (κ1) is 16.5. The molecule has 1 aromatic carbocycles. The first-order chi connectivity index (χ1) is 9.42. The van der Waals surface area contributed by atoms with Gasteiger partial charge >= 0.3 is 5.97 Å². The molecule has 4 nitrogen and oxygen atoms in total. The van der Waals surface area contributed by atoms with E-state index in [0.29, 0.717) is 11.4 Å². The number of hydrogen-bond acceptors (Lipinski definition) is 3. The Labute approximate surface area is 124 Å². The molecule has 0 aliphatic heterocycles. The van der Waals surface area contributed by atoms with Crippen molar-refractivity contribution in [2.75, 3.05) is 7.11 Å². The quantitative estimate of drug-likeness (QED) is 0.821. The summed E-state index contributed by atoms with van der Waals surface area (Å²) in [6.45, 7) is 3.97. The van der Waals surface area contributed by atoms with Gasteiger partial charge < -0.3 is 10.1 Å². The Kier molecular flexibility index (Phi) is 6.52. The topological polar surface area (TPSA) is 55.4 Å². The number of methoxy groups -OCH3 is 1. The van der Waals surface area contributed by atoms with Crippen LogP contribution in [0.1, 0.15) is 25.8 Å². The van der Waals surface area contributed by atoms with Gasteiger partial charge in [-0.25, -0.2) is 4.79 Å². The van der Waals surface area contributed by atoms with Crippen LogP contribution in [0.5, 0.6) is 0 Å². The van der Waals surface area contributed by atoms with E-state index in [1.54, 1.807) is 24.3 Å². The molecule has 5 heteroatoms. The minimum atomic E-state index is -0.597. The number of carbonyl (C=O) groups excluding carboxylic acids is 2. The van der Waals surface area contributed by atoms with Gasteiger partial charge in [-0.15, -0.1) is 0 Å². The van der Waals surface area contributed by atoms with Gasteiger partial charge in [0, 0.05) is 5.02 Å². The largest absolute Gasteiger partial charge is 0.467 e. The molecule has 1 unspecified atom stereocenters. The van der Waals surface area contributed by atoms with Crippen molar-refractivity contribution >= 4 is 23.5 Å². The van der Waals surface area contributed by atoms with Crippen molar-refractivity contribution < 1.29 is 14.3 Å². The van der Waals surface area contributed by atoms with Gasteiger partial charge in [-0.2, -0.15) is 0 Å². The Morgan fingerprint density at radius 1 is 1.25 bits per heavy atom. The average molecular weight is 298 g/mol. The van der Waals surface area contributed by atoms with Crippen LogP contribution in [0.2, 0.25) is 5.02 Å². The molecule has 1 amide bonds. The van der Waals surface area contributed by atoms with Gasteiger partial charge in [-0.05, 0) is 30.0 Å². The van der Waals surface area contributed by atoms with Crippen molar-refractivity contribution in [3.63, 3.8) is 0 Å². The summed E-state index contributed by atoms with van der Waals surface area (Å²) in [6, 6.07) is 6.45. The van der Waals surface area contributed by atoms with Crippen molar-refractivity contribution in [3.05, 3.63) is 34.9 Å². The summed E-state index contributed by atoms with van der Waals surface area (Å²) in [6.07, 6.45) is 0.766. The van der Waals surface area contributed by atoms with E-state index in [9.17, 15) is 9.59 Å². The van der Waals surface area contributed by atoms with Crippen LogP contribution in [-0.4, -0.2) is 25.0 Å². The standard InChI is InChI=1S/C15H20ClNO3/c1-10(2)8-13(15(19)20-3)17-14(18)9-11-4-6-12(16)7-5-11/h4-7,10,13H,8-9H2,1-3H3,(H,17,18). The summed E-state index contributed by atoms with van der Waals surface area (Å²) in [5.74, 6) is -0.332. The van der Waals surface area contributed by atoms with E-state index in [4.69, 9.17) is 16.3 Å². The number of esters is 1. The number of nitrogens with one attached hydrogen (secondary N) is 1. The lowest BCUT2D eigenvalue weighted by Gasteiger charge is -2.18. The zero-order chi connectivity index (χ0) is 15.1. The fourth-order valence-corrected chi connectivity index (χ4v) is 1.99. The highest BCUT2D eigenvalue weighted by molar-refractivity contribution is 6.30. The van der Waals surface area contributed by atoms with Crippen LogP contribution < -0.4 is 5.32 Å². The van der Waals surface area contributed by atoms with E-state index in [0.717, 1.165) is 5.56 Å². The highest BCUT2D eigenvalue weighted by Gasteiger charge is 2.22. The Balaban J connectivity index is 2.61. The molecule has 110 valence electrons. The Morgan fingerprint density at radius 2 is 1.85 bits per heavy atom. The van der Waals surface area contributed by atoms with Gasteiger partial charge in [0.05, 0.1) is 13.5 Å². The third-order valence-corrected chi connectivity index (χ3v) is 3.06. The lowest BCUT2D eigenvalue weighted by molar-refractivity contribution is -0.145. The SMILES string of the molecule is COC(=O)C(CC(C)C)NC(=O)Cc1ccc(Cl)cc1. The number of hydrogen-bond donors (Lipinski definition) is 1. The van der Waals surface area contributed by atoms with Gasteiger partial charge in [0.2, 0.25) is 5.91 Å². The predicted octanol–water partition coefficient (Wildman–Crippen LogP) is 2.59. The van der Waals surface area contributed by atoms with E-state index in [-0.39, 0.29) is 18.2 Å². The molecule has 0 fully saturated rings. The molecular formula is C15H20ClNO3. The molecule has 0 aromatic heterocycles. The second-order valence-corrected chi connectivity index (χ2v) is 5.51. The van der Waals surface area contributed by atoms with Crippen molar-refractivity contribution in [2.24, 2.45) is 5.92 Å². The van der Waals surface area contributed by atoms with Crippen LogP contribution in [-0.2, 0) is 20.7 Å². The summed E-state index contributed by atoms with van der Waals surface area (Å²) in [5.41, 5.74) is 0.847. The molecule has 1 aromatic rings. The molecule has 0 aliphatic carbocycles. The molecule has 1 rings (SSSR count). The highest BCUT2D eigenvalue weighted by atomic mass is 35.5. The second-order valence-electron chi connectivity index (χ2n) is 5.08. The lowest BCUT2D eigenvalue weighted by atomic mass is 10.0. The molecule has 1 N–H and O–H groups in total. The highest BCUT2D eigenvalue weighted by Crippen LogP contribution is 2.11. The van der Waals surface area contributed by atoms with Crippen LogP contribution in [0.25, 0.3) is 0 Å². The molecule has 0 radical (unpaired) electrons. The van der Waals surface area contributed by atoms with E-state index in [1.807, 2.05) is 13.8 Å². The molecule has 0 heterocycles. The lowest BCUT2D eigenvalue weighted by Crippen LogP contribution is -2.43. The Bertz CT molecular complexity index is 457. The Morgan fingerprint density at radius 3 is 2.35 bits per heavy atom. The van der Waals surface area contributed by atoms with Crippen molar-refractivity contribution in [1.29, 1.82) is 0 Å². The van der Waals surface area contributed by atoms with Gasteiger partial charge in [-0.1, -0.05) is 37.6 Å². The summed E-state index contributed by atoms with van der Waals surface area (Å²) in [4.78, 5) is 23.6. The van der Waals surface area contributed by atoms with Crippen molar-refractivity contribution in [3.8, 4) is 0 Å². The number of amides is 1. The second kappa shape index (κ2) is 7.90. The van der Waals surface area contributed by atoms with Crippen LogP contribution in [0, 0.1) is 5.92 Å². The van der Waals surface area contributed by atoms with Gasteiger partial charge in [0.15, 0.2) is 0 Å². The summed E-state index contributed by atoms with van der Waals surface area (Å²) < 4.78 is 4.71. The number of carbonyl (C=O) groups is 2. The predicted molar refractivity (Wildman–Crippen MR) is 78.6 cm³/mol. The monoisotopic (exact) mass is 297 g/mol. The molecular weight excluding hydrogens is 278 g/mol. The fraction of sp³-hybridized carbons (Fsp3) is 0.467. The first-order valence-corrected chi connectivity index (χ1v) is 6.91. The number of ether oxygens (including phenoxy) is 1. The van der Waals surface area contributed by atoms with E-state index >= 15 is 0 Å². The van der Waals surface area contributed by atoms with Gasteiger partial charge in [-0.3, -0.25) is 4.79 Å². The van der Waals surface area contributed by atoms with Crippen LogP contribution >= 0.6 is 11.6 Å². The minimum Gasteiger partial charge on any atom is -0.467 e. The molecule has 20 heavy (non-hydrogen) atoms. The van der Waals surface area contributed by atoms with Gasteiger partial charge in [0.25, 0.3) is 0 Å². The molecule has 0 saturated carbocycles. The normalized spacial score (nSPS) is 12.1. The zero-order valence-corrected chi connectivity index (χ0v) is 12.7. The summed E-state index contributed by atoms with van der Waals surface area (Å²) >= 11 is 5.79. The maximum Gasteiger partial charge on any atom is 0.328 e. The third-order valence-electron chi connectivity index (χ3n) is 2.81. The van der Waals surface area contributed by atoms with Crippen LogP contribution in [0.4, 0.5) is 0 Å². The molecule has 0 aliphatic rings. The number of benzene rings is 1. The summed E-state index contributed by atoms with van der Waals surface area (Å²) in [5, 5.41) is 3.34. The maximum absolute atomic E-state index is 12.0. The van der Waals surface area contributed by atoms with Crippen LogP contribution in [0.3, 0.4) is 0 Å². The van der Waals surface area contributed by atoms with Crippen LogP contribution in [0.15, 0.2) is 24.3 Å². The molecule has 0 spiro atoms. The first-order valence-electron chi connectivity index (χ1n) is 6.54. The van der Waals surface area contributed by atoms with E-state index in [1.165, 1.54) is 7.11 Å². The van der Waals surface area contributed by atoms with E-state index < -0.39 is 12.0 Å². The molecule has 0 bridgehead atoms. The molecule has 1 atom stereocenters. The smallest absolute Gasteiger partial charge is 0.328 e. The average Bonchev–Trinajstić information content (AvgIpc) is 2.39. The Hall–Kier alpha value is -1.55. The molecule has 0 saturated heterocycles. The van der Waals surface area contributed by atoms with Crippen molar-refractivity contribution in [1.82, 2.24) is 5.32 Å². The van der Waals surface area contributed by atoms with E-state index in [2.05, 4.69) is 5.32 Å². The van der Waals surface area contributed by atoms with Crippen molar-refractivity contribution in [2.45, 2.75) is 32.7 Å². The zero-order valence-electron chi connectivity index (χ0n) is 12.0. The minimum absolute atomic E-state index is 0.205. The maximum atomic E-state index is 12.0. The van der Waals surface area contributed by atoms with Gasteiger partial charge in [0.1, 0.15) is 6.04 Å².